The molecule has 0 bridgehead atoms. The second-order valence-corrected chi connectivity index (χ2v) is 8.83. The van der Waals surface area contributed by atoms with Crippen molar-refractivity contribution in [3.05, 3.63) is 33.8 Å². The van der Waals surface area contributed by atoms with Crippen LogP contribution >= 0.6 is 35.0 Å². The SMILES string of the molecule is CSCCC(NC(=O)c1ccc(Cl)cc1Cl)C(=O)N1CCCN(CC(F)(F)F)CC1. The normalized spacial score (nSPS) is 16.8. The van der Waals surface area contributed by atoms with Crippen LogP contribution in [0, 0.1) is 0 Å². The molecular weight excluding hydrogens is 462 g/mol. The van der Waals surface area contributed by atoms with Crippen molar-refractivity contribution in [2.75, 3.05) is 44.7 Å². The maximum absolute atomic E-state index is 13.1. The van der Waals surface area contributed by atoms with Gasteiger partial charge in [-0.2, -0.15) is 24.9 Å². The zero-order valence-electron chi connectivity index (χ0n) is 16.5. The molecule has 11 heteroatoms. The molecule has 1 saturated heterocycles. The van der Waals surface area contributed by atoms with Gasteiger partial charge >= 0.3 is 6.18 Å². The lowest BCUT2D eigenvalue weighted by Crippen LogP contribution is -2.50. The molecule has 1 N–H and O–H groups in total. The van der Waals surface area contributed by atoms with Gasteiger partial charge in [-0.1, -0.05) is 23.2 Å². The minimum absolute atomic E-state index is 0.136. The summed E-state index contributed by atoms with van der Waals surface area (Å²) in [6, 6.07) is 3.68. The first-order valence-electron chi connectivity index (χ1n) is 9.43. The van der Waals surface area contributed by atoms with Gasteiger partial charge in [0.05, 0.1) is 17.1 Å². The second-order valence-electron chi connectivity index (χ2n) is 7.00. The summed E-state index contributed by atoms with van der Waals surface area (Å²) in [4.78, 5) is 28.6. The van der Waals surface area contributed by atoms with Crippen molar-refractivity contribution in [3.8, 4) is 0 Å². The van der Waals surface area contributed by atoms with E-state index in [1.54, 1.807) is 0 Å². The molecule has 2 amide bonds. The molecule has 1 fully saturated rings. The Morgan fingerprint density at radius 1 is 1.20 bits per heavy atom. The molecule has 30 heavy (non-hydrogen) atoms. The summed E-state index contributed by atoms with van der Waals surface area (Å²) in [5.41, 5.74) is 0.204. The fourth-order valence-corrected chi connectivity index (χ4v) is 4.19. The van der Waals surface area contributed by atoms with Gasteiger partial charge in [0.2, 0.25) is 5.91 Å². The predicted octanol–water partition coefficient (Wildman–Crippen LogP) is 3.94. The smallest absolute Gasteiger partial charge is 0.340 e. The zero-order chi connectivity index (χ0) is 22.3. The van der Waals surface area contributed by atoms with E-state index in [4.69, 9.17) is 23.2 Å². The average molecular weight is 486 g/mol. The van der Waals surface area contributed by atoms with Crippen LogP contribution in [0.3, 0.4) is 0 Å². The Kier molecular flexibility index (Phi) is 9.59. The lowest BCUT2D eigenvalue weighted by Gasteiger charge is -2.27. The van der Waals surface area contributed by atoms with E-state index in [9.17, 15) is 22.8 Å². The predicted molar refractivity (Wildman–Crippen MR) is 114 cm³/mol. The Hall–Kier alpha value is -1.16. The molecule has 0 spiro atoms. The van der Waals surface area contributed by atoms with Crippen LogP contribution in [0.5, 0.6) is 0 Å². The van der Waals surface area contributed by atoms with Gasteiger partial charge in [-0.25, -0.2) is 0 Å². The van der Waals surface area contributed by atoms with Crippen LogP contribution in [-0.2, 0) is 4.79 Å². The largest absolute Gasteiger partial charge is 0.401 e. The van der Waals surface area contributed by atoms with Crippen LogP contribution < -0.4 is 5.32 Å². The van der Waals surface area contributed by atoms with E-state index in [-0.39, 0.29) is 36.1 Å². The highest BCUT2D eigenvalue weighted by molar-refractivity contribution is 7.98. The van der Waals surface area contributed by atoms with Crippen molar-refractivity contribution >= 4 is 46.8 Å². The van der Waals surface area contributed by atoms with E-state index in [2.05, 4.69) is 5.32 Å². The monoisotopic (exact) mass is 485 g/mol. The number of thioether (sulfide) groups is 1. The van der Waals surface area contributed by atoms with Gasteiger partial charge < -0.3 is 10.2 Å². The number of hydrogen-bond donors (Lipinski definition) is 1. The van der Waals surface area contributed by atoms with E-state index in [0.29, 0.717) is 30.2 Å². The first kappa shape index (κ1) is 25.1. The molecule has 5 nitrogen and oxygen atoms in total. The van der Waals surface area contributed by atoms with Crippen molar-refractivity contribution in [3.63, 3.8) is 0 Å². The van der Waals surface area contributed by atoms with Crippen molar-refractivity contribution in [2.24, 2.45) is 0 Å². The van der Waals surface area contributed by atoms with Gasteiger partial charge in [0.1, 0.15) is 6.04 Å². The first-order chi connectivity index (χ1) is 14.1. The Morgan fingerprint density at radius 2 is 1.93 bits per heavy atom. The molecule has 1 aromatic carbocycles. The average Bonchev–Trinajstić information content (AvgIpc) is 2.88. The highest BCUT2D eigenvalue weighted by atomic mass is 35.5. The topological polar surface area (TPSA) is 52.7 Å². The van der Waals surface area contributed by atoms with Crippen LogP contribution in [0.4, 0.5) is 13.2 Å². The number of nitrogens with zero attached hydrogens (tertiary/aromatic N) is 2. The third kappa shape index (κ3) is 7.83. The van der Waals surface area contributed by atoms with Gasteiger partial charge in [0.25, 0.3) is 5.91 Å². The highest BCUT2D eigenvalue weighted by Crippen LogP contribution is 2.22. The summed E-state index contributed by atoms with van der Waals surface area (Å²) >= 11 is 13.5. The fraction of sp³-hybridized carbons (Fsp3) is 0.579. The Labute approximate surface area is 188 Å². The minimum atomic E-state index is -4.27. The third-order valence-corrected chi connectivity index (χ3v) is 5.88. The number of alkyl halides is 3. The summed E-state index contributed by atoms with van der Waals surface area (Å²) in [5.74, 6) is -0.153. The lowest BCUT2D eigenvalue weighted by atomic mass is 10.1. The van der Waals surface area contributed by atoms with Crippen LogP contribution in [-0.4, -0.2) is 78.6 Å². The molecule has 1 unspecified atom stereocenters. The van der Waals surface area contributed by atoms with Crippen molar-refractivity contribution < 1.29 is 22.8 Å². The molecule has 0 aliphatic carbocycles. The van der Waals surface area contributed by atoms with Crippen LogP contribution in [0.25, 0.3) is 0 Å². The van der Waals surface area contributed by atoms with Gasteiger partial charge in [-0.3, -0.25) is 14.5 Å². The molecule has 168 valence electrons. The lowest BCUT2D eigenvalue weighted by molar-refractivity contribution is -0.145. The van der Waals surface area contributed by atoms with Crippen LogP contribution in [0.1, 0.15) is 23.2 Å². The maximum Gasteiger partial charge on any atom is 0.401 e. The Morgan fingerprint density at radius 3 is 2.57 bits per heavy atom. The molecule has 1 aromatic rings. The number of rotatable bonds is 7. The molecule has 2 rings (SSSR count). The minimum Gasteiger partial charge on any atom is -0.340 e. The summed E-state index contributed by atoms with van der Waals surface area (Å²) < 4.78 is 38.0. The summed E-state index contributed by atoms with van der Waals surface area (Å²) in [6.45, 7) is -0.0531. The summed E-state index contributed by atoms with van der Waals surface area (Å²) in [7, 11) is 0. The third-order valence-electron chi connectivity index (χ3n) is 4.69. The van der Waals surface area contributed by atoms with Crippen LogP contribution in [0.15, 0.2) is 18.2 Å². The molecule has 1 aliphatic heterocycles. The maximum atomic E-state index is 13.1. The number of amides is 2. The zero-order valence-corrected chi connectivity index (χ0v) is 18.8. The van der Waals surface area contributed by atoms with Gasteiger partial charge in [-0.15, -0.1) is 0 Å². The Balaban J connectivity index is 2.06. The molecule has 1 atom stereocenters. The number of nitrogens with one attached hydrogen (secondary N) is 1. The standard InChI is InChI=1S/C19H24Cl2F3N3O2S/c1-30-10-5-16(25-17(28)14-4-3-13(20)11-15(14)21)18(29)27-7-2-6-26(8-9-27)12-19(22,23)24/h3-4,11,16H,2,5-10,12H2,1H3,(H,25,28). The van der Waals surface area contributed by atoms with Crippen molar-refractivity contribution in [1.82, 2.24) is 15.1 Å². The number of carbonyl (C=O) groups is 2. The molecule has 0 aromatic heterocycles. The second kappa shape index (κ2) is 11.5. The summed E-state index contributed by atoms with van der Waals surface area (Å²) in [6.07, 6.45) is -1.54. The van der Waals surface area contributed by atoms with Gasteiger partial charge in [0.15, 0.2) is 0 Å². The number of benzene rings is 1. The first-order valence-corrected chi connectivity index (χ1v) is 11.6. The van der Waals surface area contributed by atoms with E-state index < -0.39 is 24.7 Å². The molecule has 1 aliphatic rings. The van der Waals surface area contributed by atoms with Crippen molar-refractivity contribution in [1.29, 1.82) is 0 Å². The van der Waals surface area contributed by atoms with Gasteiger partial charge in [-0.05, 0) is 43.0 Å². The van der Waals surface area contributed by atoms with E-state index >= 15 is 0 Å². The number of halogens is 5. The molecule has 1 heterocycles. The number of carbonyl (C=O) groups excluding carboxylic acids is 2. The quantitative estimate of drug-likeness (QED) is 0.635. The van der Waals surface area contributed by atoms with E-state index in [1.165, 1.54) is 39.8 Å². The van der Waals surface area contributed by atoms with E-state index in [1.807, 2.05) is 6.26 Å². The van der Waals surface area contributed by atoms with E-state index in [0.717, 1.165) is 0 Å². The summed E-state index contributed by atoms with van der Waals surface area (Å²) in [5, 5.41) is 3.29. The molecule has 0 saturated carbocycles. The molecule has 0 radical (unpaired) electrons. The van der Waals surface area contributed by atoms with Gasteiger partial charge in [0, 0.05) is 31.2 Å². The fourth-order valence-electron chi connectivity index (χ4n) is 3.23. The van der Waals surface area contributed by atoms with Crippen LogP contribution in [0.2, 0.25) is 10.0 Å². The van der Waals surface area contributed by atoms with Crippen molar-refractivity contribution in [2.45, 2.75) is 25.1 Å². The highest BCUT2D eigenvalue weighted by Gasteiger charge is 2.33. The molecular formula is C19H24Cl2F3N3O2S. The Bertz CT molecular complexity index is 752. The number of hydrogen-bond acceptors (Lipinski definition) is 4.